The molecule has 0 aromatic rings. The van der Waals surface area contributed by atoms with Crippen LogP contribution in [-0.4, -0.2) is 56.3 Å². The van der Waals surface area contributed by atoms with E-state index >= 15 is 0 Å². The molecule has 0 aromatic carbocycles. The average molecular weight is 447 g/mol. The van der Waals surface area contributed by atoms with E-state index in [2.05, 4.69) is 6.92 Å². The fourth-order valence-corrected chi connectivity index (χ4v) is 4.20. The Morgan fingerprint density at radius 3 is 1.48 bits per heavy atom. The van der Waals surface area contributed by atoms with Gasteiger partial charge in [0.25, 0.3) is 0 Å². The Bertz CT molecular complexity index is 469. The van der Waals surface area contributed by atoms with Crippen LogP contribution in [0.1, 0.15) is 116 Å². The van der Waals surface area contributed by atoms with E-state index in [1.165, 1.54) is 64.2 Å². The predicted octanol–water partition coefficient (Wildman–Crippen LogP) is 4.51. The summed E-state index contributed by atoms with van der Waals surface area (Å²) >= 11 is 0. The highest BCUT2D eigenvalue weighted by molar-refractivity contribution is 5.77. The van der Waals surface area contributed by atoms with Crippen LogP contribution in [0.5, 0.6) is 0 Å². The Kier molecular flexibility index (Phi) is 17.7. The second-order valence-electron chi connectivity index (χ2n) is 9.03. The van der Waals surface area contributed by atoms with E-state index in [-0.39, 0.29) is 12.8 Å². The molecule has 0 saturated heterocycles. The molecule has 0 aliphatic carbocycles. The molecule has 0 fully saturated rings. The lowest BCUT2D eigenvalue weighted by Gasteiger charge is -2.32. The third-order valence-corrected chi connectivity index (χ3v) is 6.17. The third-order valence-electron chi connectivity index (χ3n) is 6.17. The quantitative estimate of drug-likeness (QED) is 0.154. The number of carboxylic acids is 2. The second kappa shape index (κ2) is 18.4. The molecule has 3 atom stereocenters. The van der Waals surface area contributed by atoms with Crippen molar-refractivity contribution in [2.75, 3.05) is 6.61 Å². The monoisotopic (exact) mass is 446 g/mol. The fourth-order valence-electron chi connectivity index (χ4n) is 4.20. The highest BCUT2D eigenvalue weighted by atomic mass is 16.4. The summed E-state index contributed by atoms with van der Waals surface area (Å²) in [7, 11) is 0. The molecule has 0 rings (SSSR count). The first-order chi connectivity index (χ1) is 14.8. The Balaban J connectivity index is 4.14. The second-order valence-corrected chi connectivity index (χ2v) is 9.03. The third kappa shape index (κ3) is 14.5. The normalized spacial score (nSPS) is 15.4. The number of carbonyl (C=O) groups is 2. The van der Waals surface area contributed by atoms with E-state index in [1.807, 2.05) is 0 Å². The van der Waals surface area contributed by atoms with Crippen LogP contribution in [0.15, 0.2) is 0 Å². The zero-order valence-electron chi connectivity index (χ0n) is 19.4. The number of hydrogen-bond acceptors (Lipinski definition) is 5. The maximum absolute atomic E-state index is 11.9. The van der Waals surface area contributed by atoms with Crippen LogP contribution in [0.2, 0.25) is 0 Å². The van der Waals surface area contributed by atoms with Crippen molar-refractivity contribution >= 4 is 11.9 Å². The summed E-state index contributed by atoms with van der Waals surface area (Å²) < 4.78 is 0. The highest BCUT2D eigenvalue weighted by Crippen LogP contribution is 2.36. The van der Waals surface area contributed by atoms with Crippen LogP contribution in [0, 0.1) is 5.41 Å². The maximum Gasteiger partial charge on any atom is 0.332 e. The van der Waals surface area contributed by atoms with Crippen molar-refractivity contribution in [2.24, 2.45) is 5.41 Å². The van der Waals surface area contributed by atoms with Crippen LogP contribution < -0.4 is 0 Å². The summed E-state index contributed by atoms with van der Waals surface area (Å²) in [6.07, 6.45) is 12.8. The van der Waals surface area contributed by atoms with Gasteiger partial charge in [0, 0.05) is 6.42 Å². The van der Waals surface area contributed by atoms with Crippen molar-refractivity contribution in [2.45, 2.75) is 128 Å². The van der Waals surface area contributed by atoms with Crippen molar-refractivity contribution in [3.8, 4) is 0 Å². The zero-order chi connectivity index (χ0) is 23.5. The van der Waals surface area contributed by atoms with Crippen molar-refractivity contribution < 1.29 is 35.1 Å². The molecule has 7 heteroatoms. The number of aliphatic hydroxyl groups is 3. The van der Waals surface area contributed by atoms with Crippen molar-refractivity contribution in [3.63, 3.8) is 0 Å². The first-order valence-electron chi connectivity index (χ1n) is 12.2. The molecule has 184 valence electrons. The number of aliphatic carboxylic acids is 2. The summed E-state index contributed by atoms with van der Waals surface area (Å²) in [5, 5.41) is 47.2. The maximum atomic E-state index is 11.9. The molecule has 0 amide bonds. The highest BCUT2D eigenvalue weighted by Gasteiger charge is 2.42. The molecule has 0 heterocycles. The van der Waals surface area contributed by atoms with Gasteiger partial charge in [-0.05, 0) is 12.8 Å². The van der Waals surface area contributed by atoms with Gasteiger partial charge in [0.1, 0.15) is 0 Å². The van der Waals surface area contributed by atoms with Crippen LogP contribution in [0.4, 0.5) is 0 Å². The molecular formula is C24H46O7. The Labute approximate surface area is 187 Å². The number of rotatable bonds is 22. The van der Waals surface area contributed by atoms with E-state index in [1.54, 1.807) is 0 Å². The Morgan fingerprint density at radius 2 is 1.13 bits per heavy atom. The van der Waals surface area contributed by atoms with Gasteiger partial charge in [-0.1, -0.05) is 96.8 Å². The predicted molar refractivity (Wildman–Crippen MR) is 121 cm³/mol. The Morgan fingerprint density at radius 1 is 0.710 bits per heavy atom. The van der Waals surface area contributed by atoms with Crippen molar-refractivity contribution in [1.82, 2.24) is 0 Å². The Hall–Kier alpha value is -1.18. The first-order valence-corrected chi connectivity index (χ1v) is 12.2. The summed E-state index contributed by atoms with van der Waals surface area (Å²) in [4.78, 5) is 22.9. The van der Waals surface area contributed by atoms with Crippen molar-refractivity contribution in [3.05, 3.63) is 0 Å². The van der Waals surface area contributed by atoms with Gasteiger partial charge in [-0.3, -0.25) is 4.79 Å². The van der Waals surface area contributed by atoms with Gasteiger partial charge in [-0.25, -0.2) is 4.79 Å². The lowest BCUT2D eigenvalue weighted by atomic mass is 9.73. The first kappa shape index (κ1) is 29.8. The average Bonchev–Trinajstić information content (AvgIpc) is 2.73. The minimum atomic E-state index is -1.81. The topological polar surface area (TPSA) is 135 Å². The van der Waals surface area contributed by atoms with E-state index < -0.39 is 42.6 Å². The van der Waals surface area contributed by atoms with Gasteiger partial charge >= 0.3 is 11.9 Å². The zero-order valence-corrected chi connectivity index (χ0v) is 19.4. The van der Waals surface area contributed by atoms with Gasteiger partial charge in [-0.15, -0.1) is 0 Å². The van der Waals surface area contributed by atoms with E-state index in [0.717, 1.165) is 19.3 Å². The largest absolute Gasteiger partial charge is 0.481 e. The molecule has 31 heavy (non-hydrogen) atoms. The van der Waals surface area contributed by atoms with Crippen LogP contribution in [0.3, 0.4) is 0 Å². The van der Waals surface area contributed by atoms with Crippen LogP contribution >= 0.6 is 0 Å². The minimum Gasteiger partial charge on any atom is -0.481 e. The van der Waals surface area contributed by atoms with Gasteiger partial charge in [0.05, 0.1) is 18.1 Å². The lowest BCUT2D eigenvalue weighted by Crippen LogP contribution is -2.41. The molecular weight excluding hydrogens is 400 g/mol. The van der Waals surface area contributed by atoms with Gasteiger partial charge < -0.3 is 25.5 Å². The number of carboxylic acid groups (broad SMARTS) is 2. The summed E-state index contributed by atoms with van der Waals surface area (Å²) in [6.45, 7) is 1.63. The molecule has 0 saturated carbocycles. The van der Waals surface area contributed by atoms with Gasteiger partial charge in [-0.2, -0.15) is 0 Å². The number of unbranched alkanes of at least 4 members (excludes halogenated alkanes) is 13. The molecule has 0 bridgehead atoms. The SMILES string of the molecule is CCCCCCCCCCCCCCCCC(CC(O)CO)(CC(O)C(=O)O)C(=O)O. The van der Waals surface area contributed by atoms with E-state index in [9.17, 15) is 24.9 Å². The summed E-state index contributed by atoms with van der Waals surface area (Å²) in [6, 6.07) is 0. The van der Waals surface area contributed by atoms with Crippen LogP contribution in [0.25, 0.3) is 0 Å². The molecule has 0 aromatic heterocycles. The molecule has 7 nitrogen and oxygen atoms in total. The molecule has 0 aliphatic rings. The summed E-state index contributed by atoms with van der Waals surface area (Å²) in [5.41, 5.74) is -1.56. The van der Waals surface area contributed by atoms with Crippen molar-refractivity contribution in [1.29, 1.82) is 0 Å². The standard InChI is InChI=1S/C24H46O7/c1-2-3-4-5-6-7-8-9-10-11-12-13-14-15-16-24(23(30)31,17-20(26)19-25)18-21(27)22(28)29/h20-21,25-27H,2-19H2,1H3,(H,28,29)(H,30,31). The fraction of sp³-hybridized carbons (Fsp3) is 0.917. The van der Waals surface area contributed by atoms with Gasteiger partial charge in [0.2, 0.25) is 0 Å². The number of hydrogen-bond donors (Lipinski definition) is 5. The number of aliphatic hydroxyl groups excluding tert-OH is 3. The summed E-state index contributed by atoms with van der Waals surface area (Å²) in [5.74, 6) is -2.72. The molecule has 0 radical (unpaired) electrons. The lowest BCUT2D eigenvalue weighted by molar-refractivity contribution is -0.159. The minimum absolute atomic E-state index is 0.168. The molecule has 3 unspecified atom stereocenters. The van der Waals surface area contributed by atoms with E-state index in [4.69, 9.17) is 10.2 Å². The molecule has 5 N–H and O–H groups in total. The molecule has 0 aliphatic heterocycles. The van der Waals surface area contributed by atoms with E-state index in [0.29, 0.717) is 6.42 Å². The van der Waals surface area contributed by atoms with Gasteiger partial charge in [0.15, 0.2) is 6.10 Å². The van der Waals surface area contributed by atoms with Crippen LogP contribution in [-0.2, 0) is 9.59 Å². The smallest absolute Gasteiger partial charge is 0.332 e. The molecule has 0 spiro atoms.